The average Bonchev–Trinajstić information content (AvgIpc) is 3.14. The number of carbonyl (C=O) groups excluding carboxylic acids is 1. The van der Waals surface area contributed by atoms with Crippen molar-refractivity contribution in [2.75, 3.05) is 6.54 Å². The quantitative estimate of drug-likeness (QED) is 0.0994. The second-order valence-electron chi connectivity index (χ2n) is 12.0. The van der Waals surface area contributed by atoms with Crippen LogP contribution in [-0.4, -0.2) is 22.9 Å². The largest absolute Gasteiger partial charge is 0.445 e. The number of unbranched alkanes of at least 4 members (excludes halogenated alkanes) is 2. The van der Waals surface area contributed by atoms with Crippen LogP contribution in [0.2, 0.25) is 0 Å². The van der Waals surface area contributed by atoms with Crippen molar-refractivity contribution in [2.24, 2.45) is 0 Å². The highest BCUT2D eigenvalue weighted by Gasteiger charge is 2.20. The van der Waals surface area contributed by atoms with Gasteiger partial charge in [0.1, 0.15) is 18.8 Å². The predicted molar refractivity (Wildman–Crippen MR) is 190 cm³/mol. The summed E-state index contributed by atoms with van der Waals surface area (Å²) in [7, 11) is 0. The van der Waals surface area contributed by atoms with E-state index in [1.807, 2.05) is 91.0 Å². The predicted octanol–water partition coefficient (Wildman–Crippen LogP) is 8.88. The zero-order valence-corrected chi connectivity index (χ0v) is 27.1. The van der Waals surface area contributed by atoms with Gasteiger partial charge in [-0.3, -0.25) is 0 Å². The number of aryl methyl sites for hydroxylation is 2. The highest BCUT2D eigenvalue weighted by molar-refractivity contribution is 5.67. The second kappa shape index (κ2) is 17.6. The third-order valence-corrected chi connectivity index (χ3v) is 8.45. The molecular weight excluding hydrogens is 596 g/mol. The zero-order valence-electron chi connectivity index (χ0n) is 27.1. The third-order valence-electron chi connectivity index (χ3n) is 8.45. The molecule has 0 saturated heterocycles. The lowest BCUT2D eigenvalue weighted by molar-refractivity contribution is 0.0172. The molecule has 0 bridgehead atoms. The van der Waals surface area contributed by atoms with Crippen LogP contribution >= 0.6 is 0 Å². The van der Waals surface area contributed by atoms with E-state index in [0.717, 1.165) is 59.9 Å². The maximum atomic E-state index is 12.0. The van der Waals surface area contributed by atoms with Crippen LogP contribution in [0, 0.1) is 11.3 Å². The first-order valence-corrected chi connectivity index (χ1v) is 16.6. The highest BCUT2D eigenvalue weighted by Crippen LogP contribution is 2.32. The second-order valence-corrected chi connectivity index (χ2v) is 12.0. The van der Waals surface area contributed by atoms with E-state index in [1.54, 1.807) is 0 Å². The number of aliphatic hydroxyl groups excluding tert-OH is 2. The van der Waals surface area contributed by atoms with Crippen molar-refractivity contribution in [2.45, 2.75) is 57.3 Å². The van der Waals surface area contributed by atoms with Gasteiger partial charge in [0.25, 0.3) is 0 Å². The summed E-state index contributed by atoms with van der Waals surface area (Å²) in [6, 6.07) is 43.8. The van der Waals surface area contributed by atoms with Gasteiger partial charge >= 0.3 is 6.09 Å². The van der Waals surface area contributed by atoms with E-state index < -0.39 is 18.3 Å². The smallest absolute Gasteiger partial charge is 0.407 e. The standard InChI is InChI=1S/C42H42N2O4/c43-26-6-4-10-31-14-8-16-38(28-31)34-18-22-36(23-19-34)40(45)41(46)37-24-20-35(21-25-37)39-17-9-15-32(29-39)11-5-7-27-44-42(47)48-30-33-12-2-1-3-13-33/h1-3,8-9,12-25,28-29,40-41,45-46H,4-7,10-11,27,30H2,(H,44,47). The van der Waals surface area contributed by atoms with Crippen LogP contribution in [0.5, 0.6) is 0 Å². The number of carbonyl (C=O) groups is 1. The van der Waals surface area contributed by atoms with E-state index in [9.17, 15) is 15.0 Å². The normalized spacial score (nSPS) is 12.1. The molecule has 5 aromatic rings. The number of nitrogens with one attached hydrogen (secondary N) is 1. The van der Waals surface area contributed by atoms with Crippen molar-refractivity contribution in [1.82, 2.24) is 5.32 Å². The van der Waals surface area contributed by atoms with Crippen molar-refractivity contribution < 1.29 is 19.7 Å². The van der Waals surface area contributed by atoms with Crippen LogP contribution in [0.3, 0.4) is 0 Å². The first-order valence-electron chi connectivity index (χ1n) is 16.6. The molecule has 5 aromatic carbocycles. The molecule has 3 N–H and O–H groups in total. The minimum Gasteiger partial charge on any atom is -0.445 e. The lowest BCUT2D eigenvalue weighted by atomic mass is 9.94. The van der Waals surface area contributed by atoms with Gasteiger partial charge in [-0.15, -0.1) is 0 Å². The Labute approximate surface area is 283 Å². The van der Waals surface area contributed by atoms with E-state index in [4.69, 9.17) is 10.00 Å². The number of hydrogen-bond acceptors (Lipinski definition) is 5. The van der Waals surface area contributed by atoms with Crippen LogP contribution in [0.25, 0.3) is 22.3 Å². The fourth-order valence-corrected chi connectivity index (χ4v) is 5.71. The summed E-state index contributed by atoms with van der Waals surface area (Å²) in [5.74, 6) is 0. The van der Waals surface area contributed by atoms with Crippen molar-refractivity contribution in [3.8, 4) is 28.3 Å². The molecule has 0 fully saturated rings. The summed E-state index contributed by atoms with van der Waals surface area (Å²) in [4.78, 5) is 12.0. The highest BCUT2D eigenvalue weighted by atomic mass is 16.5. The van der Waals surface area contributed by atoms with Gasteiger partial charge in [0.2, 0.25) is 0 Å². The number of ether oxygens (including phenoxy) is 1. The Bertz CT molecular complexity index is 1780. The minimum atomic E-state index is -1.07. The van der Waals surface area contributed by atoms with Crippen LogP contribution < -0.4 is 5.32 Å². The number of nitriles is 1. The lowest BCUT2D eigenvalue weighted by Gasteiger charge is -2.19. The average molecular weight is 639 g/mol. The topological polar surface area (TPSA) is 103 Å². The Morgan fingerprint density at radius 3 is 1.69 bits per heavy atom. The molecule has 0 aliphatic heterocycles. The molecule has 0 saturated carbocycles. The van der Waals surface area contributed by atoms with Crippen LogP contribution in [0.1, 0.15) is 65.7 Å². The SMILES string of the molecule is N#CCCCc1cccc(-c2ccc(C(O)C(O)c3ccc(-c4cccc(CCCCNC(=O)OCc5ccccc5)c4)cc3)cc2)c1. The monoisotopic (exact) mass is 638 g/mol. The van der Waals surface area contributed by atoms with E-state index in [1.165, 1.54) is 11.1 Å². The first-order chi connectivity index (χ1) is 23.5. The summed E-state index contributed by atoms with van der Waals surface area (Å²) >= 11 is 0. The first kappa shape index (κ1) is 34.1. The van der Waals surface area contributed by atoms with E-state index >= 15 is 0 Å². The molecule has 6 heteroatoms. The van der Waals surface area contributed by atoms with Gasteiger partial charge in [-0.2, -0.15) is 5.26 Å². The number of hydrogen-bond donors (Lipinski definition) is 3. The number of benzene rings is 5. The molecule has 0 aliphatic rings. The Kier molecular flexibility index (Phi) is 12.5. The van der Waals surface area contributed by atoms with Gasteiger partial charge in [0.05, 0.1) is 6.07 Å². The number of amides is 1. The Morgan fingerprint density at radius 2 is 1.15 bits per heavy atom. The summed E-state index contributed by atoms with van der Waals surface area (Å²) in [6.45, 7) is 0.822. The fourth-order valence-electron chi connectivity index (χ4n) is 5.71. The number of rotatable bonds is 15. The van der Waals surface area contributed by atoms with E-state index in [2.05, 4.69) is 47.8 Å². The van der Waals surface area contributed by atoms with Gasteiger partial charge in [-0.1, -0.05) is 127 Å². The number of aliphatic hydroxyl groups is 2. The molecule has 5 rings (SSSR count). The molecule has 0 aliphatic carbocycles. The number of nitrogens with zero attached hydrogens (tertiary/aromatic N) is 1. The van der Waals surface area contributed by atoms with Crippen molar-refractivity contribution in [1.29, 1.82) is 5.26 Å². The molecule has 0 spiro atoms. The summed E-state index contributed by atoms with van der Waals surface area (Å²) in [5, 5.41) is 33.7. The molecule has 0 aromatic heterocycles. The van der Waals surface area contributed by atoms with Gasteiger partial charge in [-0.05, 0) is 82.2 Å². The third kappa shape index (κ3) is 9.89. The summed E-state index contributed by atoms with van der Waals surface area (Å²) in [5.41, 5.74) is 8.89. The molecule has 2 atom stereocenters. The molecule has 6 nitrogen and oxygen atoms in total. The van der Waals surface area contributed by atoms with Crippen molar-refractivity contribution >= 4 is 6.09 Å². The Balaban J connectivity index is 1.10. The van der Waals surface area contributed by atoms with E-state index in [-0.39, 0.29) is 6.61 Å². The molecule has 244 valence electrons. The van der Waals surface area contributed by atoms with Crippen LogP contribution in [-0.2, 0) is 24.2 Å². The molecule has 2 unspecified atom stereocenters. The van der Waals surface area contributed by atoms with Crippen molar-refractivity contribution in [3.05, 3.63) is 155 Å². The minimum absolute atomic E-state index is 0.261. The lowest BCUT2D eigenvalue weighted by Crippen LogP contribution is -2.25. The zero-order chi connectivity index (χ0) is 33.6. The Morgan fingerprint density at radius 1 is 0.625 bits per heavy atom. The molecule has 48 heavy (non-hydrogen) atoms. The number of alkyl carbamates (subject to hydrolysis) is 1. The molecule has 0 radical (unpaired) electrons. The maximum absolute atomic E-state index is 12.0. The van der Waals surface area contributed by atoms with Gasteiger partial charge in [0.15, 0.2) is 0 Å². The van der Waals surface area contributed by atoms with Gasteiger partial charge < -0.3 is 20.3 Å². The summed E-state index contributed by atoms with van der Waals surface area (Å²) < 4.78 is 5.26. The van der Waals surface area contributed by atoms with Crippen molar-refractivity contribution in [3.63, 3.8) is 0 Å². The van der Waals surface area contributed by atoms with Gasteiger partial charge in [-0.25, -0.2) is 4.79 Å². The van der Waals surface area contributed by atoms with Gasteiger partial charge in [0, 0.05) is 13.0 Å². The van der Waals surface area contributed by atoms with Crippen LogP contribution in [0.4, 0.5) is 4.79 Å². The Hall–Kier alpha value is -5.22. The fraction of sp³-hybridized carbons (Fsp3) is 0.238. The van der Waals surface area contributed by atoms with E-state index in [0.29, 0.717) is 24.1 Å². The summed E-state index contributed by atoms with van der Waals surface area (Å²) in [6.07, 6.45) is 2.39. The molecule has 0 heterocycles. The molecular formula is C42H42N2O4. The van der Waals surface area contributed by atoms with Crippen LogP contribution in [0.15, 0.2) is 127 Å². The molecule has 1 amide bonds. The maximum Gasteiger partial charge on any atom is 0.407 e.